The summed E-state index contributed by atoms with van der Waals surface area (Å²) in [6, 6.07) is 11.0. The summed E-state index contributed by atoms with van der Waals surface area (Å²) < 4.78 is 6.43. The van der Waals surface area contributed by atoms with E-state index in [0.29, 0.717) is 23.6 Å². The number of nitrogens with zero attached hydrogens (tertiary/aromatic N) is 1. The molecule has 0 radical (unpaired) electrons. The highest BCUT2D eigenvalue weighted by atomic mass is 79.9. The van der Waals surface area contributed by atoms with Crippen LogP contribution in [0, 0.1) is 13.8 Å². The van der Waals surface area contributed by atoms with Gasteiger partial charge < -0.3 is 10.1 Å². The monoisotopic (exact) mass is 500 g/mol. The van der Waals surface area contributed by atoms with Crippen molar-refractivity contribution in [2.24, 2.45) is 0 Å². The number of thioether (sulfide) groups is 1. The van der Waals surface area contributed by atoms with Gasteiger partial charge in [0.1, 0.15) is 18.9 Å². The first-order valence-corrected chi connectivity index (χ1v) is 11.0. The van der Waals surface area contributed by atoms with Gasteiger partial charge in [-0.25, -0.2) is 0 Å². The van der Waals surface area contributed by atoms with E-state index in [0.717, 1.165) is 32.3 Å². The number of hydrogen-bond acceptors (Lipinski definition) is 5. The van der Waals surface area contributed by atoms with Crippen LogP contribution in [0.15, 0.2) is 58.4 Å². The number of carbonyl (C=O) groups is 3. The quantitative estimate of drug-likeness (QED) is 0.412. The first-order valence-electron chi connectivity index (χ1n) is 9.43. The minimum atomic E-state index is -0.514. The molecule has 1 saturated heterocycles. The summed E-state index contributed by atoms with van der Waals surface area (Å²) in [5.74, 6) is -0.395. The Bertz CT molecular complexity index is 1080. The lowest BCUT2D eigenvalue weighted by Crippen LogP contribution is -2.36. The standard InChI is InChI=1S/C23H21BrN2O4S/c1-4-7-30-19-6-5-17(24)11-16(19)12-20-22(28)26(23(29)31-20)13-21(27)25-18-9-14(2)8-15(3)10-18/h4-6,8-12H,1,7,13H2,2-3H3,(H,25,27)/b20-12+. The number of aryl methyl sites for hydroxylation is 2. The Kier molecular flexibility index (Phi) is 7.35. The molecule has 0 aliphatic carbocycles. The van der Waals surface area contributed by atoms with Crippen molar-refractivity contribution in [2.45, 2.75) is 13.8 Å². The lowest BCUT2D eigenvalue weighted by Gasteiger charge is -2.13. The van der Waals surface area contributed by atoms with E-state index < -0.39 is 17.1 Å². The van der Waals surface area contributed by atoms with E-state index in [1.807, 2.05) is 38.1 Å². The Morgan fingerprint density at radius 1 is 1.19 bits per heavy atom. The van der Waals surface area contributed by atoms with Crippen LogP contribution in [0.2, 0.25) is 0 Å². The maximum Gasteiger partial charge on any atom is 0.294 e. The highest BCUT2D eigenvalue weighted by Crippen LogP contribution is 2.34. The topological polar surface area (TPSA) is 75.7 Å². The van der Waals surface area contributed by atoms with Crippen LogP contribution < -0.4 is 10.1 Å². The Balaban J connectivity index is 1.75. The van der Waals surface area contributed by atoms with Crippen LogP contribution in [-0.2, 0) is 9.59 Å². The molecule has 160 valence electrons. The number of anilines is 1. The molecule has 3 amide bonds. The van der Waals surface area contributed by atoms with Crippen molar-refractivity contribution in [3.05, 3.63) is 75.1 Å². The molecule has 1 aliphatic heterocycles. The van der Waals surface area contributed by atoms with Gasteiger partial charge in [0.05, 0.1) is 4.91 Å². The second kappa shape index (κ2) is 9.98. The summed E-state index contributed by atoms with van der Waals surface area (Å²) in [5, 5.41) is 2.26. The van der Waals surface area contributed by atoms with E-state index in [1.54, 1.807) is 24.3 Å². The number of halogens is 1. The van der Waals surface area contributed by atoms with Gasteiger partial charge in [-0.2, -0.15) is 0 Å². The van der Waals surface area contributed by atoms with Crippen LogP contribution in [-0.4, -0.2) is 35.1 Å². The number of amides is 3. The first-order chi connectivity index (χ1) is 14.8. The maximum atomic E-state index is 12.8. The zero-order valence-corrected chi connectivity index (χ0v) is 19.5. The number of rotatable bonds is 7. The third-order valence-corrected chi connectivity index (χ3v) is 5.70. The maximum absolute atomic E-state index is 12.8. The molecule has 0 saturated carbocycles. The third kappa shape index (κ3) is 5.86. The van der Waals surface area contributed by atoms with Crippen LogP contribution >= 0.6 is 27.7 Å². The molecule has 1 fully saturated rings. The van der Waals surface area contributed by atoms with Crippen molar-refractivity contribution < 1.29 is 19.1 Å². The molecule has 31 heavy (non-hydrogen) atoms. The summed E-state index contributed by atoms with van der Waals surface area (Å²) in [4.78, 5) is 38.8. The predicted molar refractivity (Wildman–Crippen MR) is 127 cm³/mol. The second-order valence-corrected chi connectivity index (χ2v) is 8.88. The summed E-state index contributed by atoms with van der Waals surface area (Å²) in [7, 11) is 0. The highest BCUT2D eigenvalue weighted by Gasteiger charge is 2.36. The van der Waals surface area contributed by atoms with Crippen LogP contribution in [0.1, 0.15) is 16.7 Å². The molecular weight excluding hydrogens is 480 g/mol. The largest absolute Gasteiger partial charge is 0.489 e. The fourth-order valence-corrected chi connectivity index (χ4v) is 4.29. The normalized spacial score (nSPS) is 14.8. The fraction of sp³-hybridized carbons (Fsp3) is 0.174. The van der Waals surface area contributed by atoms with Gasteiger partial charge in [0.2, 0.25) is 5.91 Å². The van der Waals surface area contributed by atoms with E-state index in [-0.39, 0.29) is 11.4 Å². The summed E-state index contributed by atoms with van der Waals surface area (Å²) >= 11 is 4.20. The van der Waals surface area contributed by atoms with Gasteiger partial charge in [-0.15, -0.1) is 0 Å². The number of carbonyl (C=O) groups excluding carboxylic acids is 3. The molecule has 0 bridgehead atoms. The SMILES string of the molecule is C=CCOc1ccc(Br)cc1/C=C1/SC(=O)N(CC(=O)Nc2cc(C)cc(C)c2)C1=O. The van der Waals surface area contributed by atoms with Gasteiger partial charge in [0, 0.05) is 15.7 Å². The lowest BCUT2D eigenvalue weighted by molar-refractivity contribution is -0.127. The lowest BCUT2D eigenvalue weighted by atomic mass is 10.1. The molecule has 2 aromatic rings. The third-order valence-electron chi connectivity index (χ3n) is 4.30. The number of hydrogen-bond donors (Lipinski definition) is 1. The molecule has 8 heteroatoms. The Morgan fingerprint density at radius 3 is 2.58 bits per heavy atom. The molecular formula is C23H21BrN2O4S. The van der Waals surface area contributed by atoms with Crippen LogP contribution in [0.4, 0.5) is 10.5 Å². The van der Waals surface area contributed by atoms with E-state index in [2.05, 4.69) is 27.8 Å². The van der Waals surface area contributed by atoms with E-state index in [4.69, 9.17) is 4.74 Å². The average molecular weight is 501 g/mol. The van der Waals surface area contributed by atoms with Crippen LogP contribution in [0.25, 0.3) is 6.08 Å². The van der Waals surface area contributed by atoms with Gasteiger partial charge in [-0.3, -0.25) is 19.3 Å². The molecule has 1 N–H and O–H groups in total. The van der Waals surface area contributed by atoms with Crippen molar-refractivity contribution in [3.63, 3.8) is 0 Å². The van der Waals surface area contributed by atoms with Crippen molar-refractivity contribution in [3.8, 4) is 5.75 Å². The van der Waals surface area contributed by atoms with E-state index >= 15 is 0 Å². The Morgan fingerprint density at radius 2 is 1.90 bits per heavy atom. The van der Waals surface area contributed by atoms with Gasteiger partial charge in [0.25, 0.3) is 11.1 Å². The van der Waals surface area contributed by atoms with E-state index in [9.17, 15) is 14.4 Å². The molecule has 1 aliphatic rings. The molecule has 0 spiro atoms. The molecule has 0 atom stereocenters. The number of nitrogens with one attached hydrogen (secondary N) is 1. The van der Waals surface area contributed by atoms with Crippen molar-refractivity contribution in [1.29, 1.82) is 0 Å². The highest BCUT2D eigenvalue weighted by molar-refractivity contribution is 9.10. The molecule has 0 unspecified atom stereocenters. The second-order valence-electron chi connectivity index (χ2n) is 6.97. The zero-order valence-electron chi connectivity index (χ0n) is 17.1. The predicted octanol–water partition coefficient (Wildman–Crippen LogP) is 5.31. The van der Waals surface area contributed by atoms with Crippen LogP contribution in [0.5, 0.6) is 5.75 Å². The molecule has 3 rings (SSSR count). The van der Waals surface area contributed by atoms with Crippen molar-refractivity contribution in [2.75, 3.05) is 18.5 Å². The van der Waals surface area contributed by atoms with Gasteiger partial charge in [-0.05, 0) is 73.1 Å². The Labute approximate surface area is 193 Å². The minimum absolute atomic E-state index is 0.228. The summed E-state index contributed by atoms with van der Waals surface area (Å²) in [6.45, 7) is 7.44. The van der Waals surface area contributed by atoms with Crippen molar-refractivity contribution in [1.82, 2.24) is 4.90 Å². The van der Waals surface area contributed by atoms with Crippen LogP contribution in [0.3, 0.4) is 0 Å². The molecule has 1 heterocycles. The summed E-state index contributed by atoms with van der Waals surface area (Å²) in [6.07, 6.45) is 3.21. The van der Waals surface area contributed by atoms with Gasteiger partial charge in [-0.1, -0.05) is 34.7 Å². The zero-order chi connectivity index (χ0) is 22.5. The Hall–Kier alpha value is -2.84. The van der Waals surface area contributed by atoms with Gasteiger partial charge >= 0.3 is 0 Å². The average Bonchev–Trinajstić information content (AvgIpc) is 2.94. The fourth-order valence-electron chi connectivity index (χ4n) is 3.08. The number of benzene rings is 2. The number of ether oxygens (including phenoxy) is 1. The molecule has 6 nitrogen and oxygen atoms in total. The molecule has 0 aromatic heterocycles. The molecule has 2 aromatic carbocycles. The van der Waals surface area contributed by atoms with Crippen molar-refractivity contribution >= 4 is 56.5 Å². The van der Waals surface area contributed by atoms with E-state index in [1.165, 1.54) is 0 Å². The van der Waals surface area contributed by atoms with Gasteiger partial charge in [0.15, 0.2) is 0 Å². The summed E-state index contributed by atoms with van der Waals surface area (Å²) in [5.41, 5.74) is 3.28. The first kappa shape index (κ1) is 22.8. The number of imide groups is 1. The smallest absolute Gasteiger partial charge is 0.294 e. The minimum Gasteiger partial charge on any atom is -0.489 e.